The Balaban J connectivity index is 1.96. The van der Waals surface area contributed by atoms with Gasteiger partial charge >= 0.3 is 5.97 Å². The molecule has 8 nitrogen and oxygen atoms in total. The van der Waals surface area contributed by atoms with Crippen molar-refractivity contribution < 1.29 is 19.4 Å². The van der Waals surface area contributed by atoms with Crippen LogP contribution in [0.5, 0.6) is 5.75 Å². The number of carbonyl (C=O) groups excluding carboxylic acids is 1. The van der Waals surface area contributed by atoms with Gasteiger partial charge in [0.1, 0.15) is 12.3 Å². The van der Waals surface area contributed by atoms with E-state index in [9.17, 15) is 9.59 Å². The Morgan fingerprint density at radius 3 is 2.75 bits per heavy atom. The molecule has 0 fully saturated rings. The predicted octanol–water partition coefficient (Wildman–Crippen LogP) is 1.42. The number of nitrogens with zero attached hydrogens (tertiary/aromatic N) is 4. The molecular weight excluding hydrogens is 312 g/mol. The maximum absolute atomic E-state index is 12.2. The molecule has 2 aromatic rings. The third-order valence-corrected chi connectivity index (χ3v) is 3.17. The van der Waals surface area contributed by atoms with Gasteiger partial charge in [0.05, 0.1) is 12.3 Å². The second-order valence-electron chi connectivity index (χ2n) is 5.67. The first-order valence-electron chi connectivity index (χ1n) is 7.48. The summed E-state index contributed by atoms with van der Waals surface area (Å²) < 4.78 is 6.85. The molecule has 1 amide bonds. The van der Waals surface area contributed by atoms with Crippen molar-refractivity contribution in [2.24, 2.45) is 0 Å². The highest BCUT2D eigenvalue weighted by Crippen LogP contribution is 2.16. The topological polar surface area (TPSA) is 97.5 Å². The van der Waals surface area contributed by atoms with Crippen LogP contribution in [0.4, 0.5) is 0 Å². The summed E-state index contributed by atoms with van der Waals surface area (Å²) in [5.41, 5.74) is 0.748. The number of aromatic carboxylic acids is 1. The Bertz CT molecular complexity index is 726. The highest BCUT2D eigenvalue weighted by molar-refractivity contribution is 5.84. The molecule has 0 aliphatic heterocycles. The highest BCUT2D eigenvalue weighted by Gasteiger charge is 2.14. The van der Waals surface area contributed by atoms with Gasteiger partial charge in [0.25, 0.3) is 0 Å². The van der Waals surface area contributed by atoms with Crippen molar-refractivity contribution in [2.75, 3.05) is 7.05 Å². The number of ether oxygens (including phenoxy) is 1. The first-order valence-corrected chi connectivity index (χ1v) is 7.48. The fraction of sp³-hybridized carbons (Fsp3) is 0.375. The Kier molecular flexibility index (Phi) is 5.51. The molecule has 0 spiro atoms. The molecule has 1 N–H and O–H groups in total. The minimum Gasteiger partial charge on any atom is -0.491 e. The summed E-state index contributed by atoms with van der Waals surface area (Å²) in [6, 6.07) is 7.55. The Morgan fingerprint density at radius 2 is 2.12 bits per heavy atom. The van der Waals surface area contributed by atoms with E-state index in [2.05, 4.69) is 10.3 Å². The van der Waals surface area contributed by atoms with Crippen LogP contribution in [0.2, 0.25) is 0 Å². The number of carboxylic acids is 1. The molecule has 128 valence electrons. The number of carbonyl (C=O) groups is 2. The van der Waals surface area contributed by atoms with Crippen LogP contribution in [0.1, 0.15) is 29.9 Å². The van der Waals surface area contributed by atoms with Gasteiger partial charge in [-0.3, -0.25) is 4.79 Å². The fourth-order valence-electron chi connectivity index (χ4n) is 2.08. The van der Waals surface area contributed by atoms with E-state index in [0.29, 0.717) is 6.54 Å². The zero-order valence-electron chi connectivity index (χ0n) is 13.8. The van der Waals surface area contributed by atoms with Crippen LogP contribution in [0.25, 0.3) is 0 Å². The van der Waals surface area contributed by atoms with E-state index in [1.165, 1.54) is 15.8 Å². The predicted molar refractivity (Wildman–Crippen MR) is 85.7 cm³/mol. The number of aromatic nitrogens is 3. The third kappa shape index (κ3) is 4.80. The van der Waals surface area contributed by atoms with Crippen molar-refractivity contribution in [3.05, 3.63) is 41.7 Å². The minimum absolute atomic E-state index is 0.0705. The van der Waals surface area contributed by atoms with E-state index in [1.54, 1.807) is 7.05 Å². The van der Waals surface area contributed by atoms with Crippen LogP contribution < -0.4 is 4.74 Å². The molecule has 0 atom stereocenters. The quantitative estimate of drug-likeness (QED) is 0.823. The number of likely N-dealkylation sites (N-methyl/N-ethyl adjacent to an activating group) is 1. The summed E-state index contributed by atoms with van der Waals surface area (Å²) in [5.74, 6) is -0.623. The molecule has 0 unspecified atom stereocenters. The van der Waals surface area contributed by atoms with Crippen molar-refractivity contribution >= 4 is 11.9 Å². The van der Waals surface area contributed by atoms with E-state index in [1.807, 2.05) is 38.1 Å². The lowest BCUT2D eigenvalue weighted by Crippen LogP contribution is -2.30. The Morgan fingerprint density at radius 1 is 1.38 bits per heavy atom. The van der Waals surface area contributed by atoms with Crippen LogP contribution >= 0.6 is 0 Å². The minimum atomic E-state index is -1.18. The fourth-order valence-corrected chi connectivity index (χ4v) is 2.08. The second kappa shape index (κ2) is 7.58. The number of benzene rings is 1. The van der Waals surface area contributed by atoms with E-state index in [0.717, 1.165) is 11.3 Å². The standard InChI is InChI=1S/C16H20N4O4/c1-11(2)24-13-6-4-5-12(7-13)8-19(3)15(21)10-20-9-14(16(22)23)17-18-20/h4-7,9,11H,8,10H2,1-3H3,(H,22,23). The first kappa shape index (κ1) is 17.5. The zero-order valence-corrected chi connectivity index (χ0v) is 13.8. The van der Waals surface area contributed by atoms with Crippen LogP contribution in [-0.4, -0.2) is 50.0 Å². The molecule has 0 saturated heterocycles. The molecule has 1 heterocycles. The SMILES string of the molecule is CC(C)Oc1cccc(CN(C)C(=O)Cn2cc(C(=O)O)nn2)c1. The molecular formula is C16H20N4O4. The van der Waals surface area contributed by atoms with Gasteiger partial charge in [-0.2, -0.15) is 0 Å². The maximum Gasteiger partial charge on any atom is 0.358 e. The average molecular weight is 332 g/mol. The Hall–Kier alpha value is -2.90. The normalized spacial score (nSPS) is 10.7. The summed E-state index contributed by atoms with van der Waals surface area (Å²) in [6.07, 6.45) is 1.31. The summed E-state index contributed by atoms with van der Waals surface area (Å²) in [6.45, 7) is 4.24. The van der Waals surface area contributed by atoms with Gasteiger partial charge in [-0.25, -0.2) is 9.48 Å². The lowest BCUT2D eigenvalue weighted by molar-refractivity contribution is -0.131. The monoisotopic (exact) mass is 332 g/mol. The third-order valence-electron chi connectivity index (χ3n) is 3.17. The lowest BCUT2D eigenvalue weighted by Gasteiger charge is -2.18. The number of hydrogen-bond donors (Lipinski definition) is 1. The van der Waals surface area contributed by atoms with Crippen molar-refractivity contribution in [1.29, 1.82) is 0 Å². The first-order chi connectivity index (χ1) is 11.3. The molecule has 1 aromatic heterocycles. The van der Waals surface area contributed by atoms with E-state index in [-0.39, 0.29) is 24.2 Å². The van der Waals surface area contributed by atoms with E-state index < -0.39 is 5.97 Å². The second-order valence-corrected chi connectivity index (χ2v) is 5.67. The van der Waals surface area contributed by atoms with Gasteiger partial charge in [-0.1, -0.05) is 17.3 Å². The lowest BCUT2D eigenvalue weighted by atomic mass is 10.2. The molecule has 0 radical (unpaired) electrons. The summed E-state index contributed by atoms with van der Waals surface area (Å²) in [7, 11) is 1.67. The largest absolute Gasteiger partial charge is 0.491 e. The summed E-state index contributed by atoms with van der Waals surface area (Å²) in [4.78, 5) is 24.5. The smallest absolute Gasteiger partial charge is 0.358 e. The number of hydrogen-bond acceptors (Lipinski definition) is 5. The highest BCUT2D eigenvalue weighted by atomic mass is 16.5. The van der Waals surface area contributed by atoms with Crippen molar-refractivity contribution in [1.82, 2.24) is 19.9 Å². The van der Waals surface area contributed by atoms with Crippen LogP contribution in [-0.2, 0) is 17.9 Å². The molecule has 8 heteroatoms. The summed E-state index contributed by atoms with van der Waals surface area (Å²) >= 11 is 0. The van der Waals surface area contributed by atoms with Crippen LogP contribution in [0.15, 0.2) is 30.5 Å². The van der Waals surface area contributed by atoms with Crippen LogP contribution in [0, 0.1) is 0 Å². The van der Waals surface area contributed by atoms with Gasteiger partial charge in [-0.15, -0.1) is 5.10 Å². The van der Waals surface area contributed by atoms with Gasteiger partial charge in [0.15, 0.2) is 5.69 Å². The van der Waals surface area contributed by atoms with Gasteiger partial charge in [0.2, 0.25) is 5.91 Å². The van der Waals surface area contributed by atoms with Crippen molar-refractivity contribution in [2.45, 2.75) is 33.0 Å². The number of rotatable bonds is 7. The number of amides is 1. The van der Waals surface area contributed by atoms with Crippen molar-refractivity contribution in [3.8, 4) is 5.75 Å². The molecule has 1 aromatic carbocycles. The molecule has 0 bridgehead atoms. The number of carboxylic acid groups (broad SMARTS) is 1. The molecule has 0 aliphatic carbocycles. The molecule has 24 heavy (non-hydrogen) atoms. The van der Waals surface area contributed by atoms with Gasteiger partial charge < -0.3 is 14.7 Å². The Labute approximate surface area is 139 Å². The van der Waals surface area contributed by atoms with Gasteiger partial charge in [-0.05, 0) is 31.5 Å². The molecule has 0 aliphatic rings. The average Bonchev–Trinajstić information content (AvgIpc) is 2.95. The summed E-state index contributed by atoms with van der Waals surface area (Å²) in [5, 5.41) is 15.9. The van der Waals surface area contributed by atoms with Crippen LogP contribution in [0.3, 0.4) is 0 Å². The van der Waals surface area contributed by atoms with Crippen molar-refractivity contribution in [3.63, 3.8) is 0 Å². The van der Waals surface area contributed by atoms with Gasteiger partial charge in [0, 0.05) is 13.6 Å². The molecule has 0 saturated carbocycles. The molecule has 2 rings (SSSR count). The van der Waals surface area contributed by atoms with E-state index in [4.69, 9.17) is 9.84 Å². The van der Waals surface area contributed by atoms with E-state index >= 15 is 0 Å². The maximum atomic E-state index is 12.2. The zero-order chi connectivity index (χ0) is 17.7.